The van der Waals surface area contributed by atoms with Gasteiger partial charge in [0.2, 0.25) is 0 Å². The van der Waals surface area contributed by atoms with Crippen LogP contribution in [-0.2, 0) is 0 Å². The summed E-state index contributed by atoms with van der Waals surface area (Å²) in [6, 6.07) is 10.6. The minimum Gasteiger partial charge on any atom is -0.487 e. The highest BCUT2D eigenvalue weighted by atomic mass is 16.5. The molecule has 0 radical (unpaired) electrons. The highest BCUT2D eigenvalue weighted by Crippen LogP contribution is 2.24. The van der Waals surface area contributed by atoms with Crippen LogP contribution in [0.5, 0.6) is 5.75 Å². The van der Waals surface area contributed by atoms with E-state index in [9.17, 15) is 4.79 Å². The van der Waals surface area contributed by atoms with Crippen LogP contribution in [-0.4, -0.2) is 17.5 Å². The van der Waals surface area contributed by atoms with Gasteiger partial charge in [0.25, 0.3) is 5.91 Å². The topological polar surface area (TPSA) is 51.2 Å². The molecule has 0 atom stereocenters. The van der Waals surface area contributed by atoms with Gasteiger partial charge >= 0.3 is 0 Å². The van der Waals surface area contributed by atoms with Crippen LogP contribution >= 0.6 is 0 Å². The summed E-state index contributed by atoms with van der Waals surface area (Å²) in [6.45, 7) is 3.99. The van der Waals surface area contributed by atoms with Gasteiger partial charge in [0.1, 0.15) is 12.4 Å². The van der Waals surface area contributed by atoms with E-state index in [1.165, 1.54) is 0 Å². The second kappa shape index (κ2) is 6.35. The van der Waals surface area contributed by atoms with Crippen LogP contribution in [0, 0.1) is 0 Å². The molecule has 0 aliphatic rings. The summed E-state index contributed by atoms with van der Waals surface area (Å²) in [7, 11) is 0. The van der Waals surface area contributed by atoms with Gasteiger partial charge < -0.3 is 10.1 Å². The number of amides is 1. The van der Waals surface area contributed by atoms with Crippen molar-refractivity contribution in [2.24, 2.45) is 0 Å². The highest BCUT2D eigenvalue weighted by Gasteiger charge is 2.08. The van der Waals surface area contributed by atoms with E-state index in [0.29, 0.717) is 23.6 Å². The van der Waals surface area contributed by atoms with E-state index in [2.05, 4.69) is 16.9 Å². The fourth-order valence-corrected chi connectivity index (χ4v) is 1.54. The van der Waals surface area contributed by atoms with E-state index in [-0.39, 0.29) is 5.91 Å². The maximum atomic E-state index is 12.0. The third-order valence-corrected chi connectivity index (χ3v) is 2.43. The van der Waals surface area contributed by atoms with Gasteiger partial charge in [0, 0.05) is 18.0 Å². The van der Waals surface area contributed by atoms with Crippen molar-refractivity contribution in [1.82, 2.24) is 4.98 Å². The van der Waals surface area contributed by atoms with Gasteiger partial charge in [-0.25, -0.2) is 0 Å². The summed E-state index contributed by atoms with van der Waals surface area (Å²) in [4.78, 5) is 15.9. The summed E-state index contributed by atoms with van der Waals surface area (Å²) in [6.07, 6.45) is 4.81. The number of nitrogens with one attached hydrogen (secondary N) is 1. The van der Waals surface area contributed by atoms with Crippen LogP contribution in [0.3, 0.4) is 0 Å². The molecule has 2 rings (SSSR count). The van der Waals surface area contributed by atoms with Crippen LogP contribution in [0.2, 0.25) is 0 Å². The Bertz CT molecular complexity index is 567. The number of carbonyl (C=O) groups excluding carboxylic acids is 1. The Hall–Kier alpha value is -2.62. The molecule has 0 saturated heterocycles. The zero-order valence-corrected chi connectivity index (χ0v) is 10.4. The molecule has 19 heavy (non-hydrogen) atoms. The Labute approximate surface area is 111 Å². The van der Waals surface area contributed by atoms with Crippen LogP contribution in [0.4, 0.5) is 5.69 Å². The van der Waals surface area contributed by atoms with E-state index in [0.717, 1.165) is 0 Å². The predicted molar refractivity (Wildman–Crippen MR) is 74.3 cm³/mol. The minimum absolute atomic E-state index is 0.197. The van der Waals surface area contributed by atoms with Gasteiger partial charge in [0.05, 0.1) is 5.69 Å². The largest absolute Gasteiger partial charge is 0.487 e. The SMILES string of the molecule is C=CCOc1ccccc1NC(=O)c1ccncc1. The average Bonchev–Trinajstić information content (AvgIpc) is 2.47. The summed E-state index contributed by atoms with van der Waals surface area (Å²) in [5.41, 5.74) is 1.18. The van der Waals surface area contributed by atoms with E-state index in [4.69, 9.17) is 4.74 Å². The molecule has 0 bridgehead atoms. The second-order valence-electron chi connectivity index (χ2n) is 3.79. The minimum atomic E-state index is -0.197. The lowest BCUT2D eigenvalue weighted by Crippen LogP contribution is -2.12. The molecular formula is C15H14N2O2. The monoisotopic (exact) mass is 254 g/mol. The first-order chi connectivity index (χ1) is 9.31. The smallest absolute Gasteiger partial charge is 0.255 e. The zero-order valence-electron chi connectivity index (χ0n) is 10.4. The van der Waals surface area contributed by atoms with Crippen molar-refractivity contribution >= 4 is 11.6 Å². The molecule has 1 aromatic heterocycles. The molecule has 0 aliphatic heterocycles. The molecule has 96 valence electrons. The van der Waals surface area contributed by atoms with Crippen LogP contribution in [0.25, 0.3) is 0 Å². The Morgan fingerprint density at radius 2 is 2.00 bits per heavy atom. The van der Waals surface area contributed by atoms with E-state index >= 15 is 0 Å². The molecule has 2 aromatic rings. The summed E-state index contributed by atoms with van der Waals surface area (Å²) in [5, 5.41) is 2.81. The van der Waals surface area contributed by atoms with Crippen molar-refractivity contribution in [3.8, 4) is 5.75 Å². The van der Waals surface area contributed by atoms with Gasteiger partial charge in [-0.1, -0.05) is 24.8 Å². The molecule has 0 fully saturated rings. The van der Waals surface area contributed by atoms with Crippen molar-refractivity contribution < 1.29 is 9.53 Å². The average molecular weight is 254 g/mol. The molecule has 4 nitrogen and oxygen atoms in total. The van der Waals surface area contributed by atoms with Crippen molar-refractivity contribution in [1.29, 1.82) is 0 Å². The maximum Gasteiger partial charge on any atom is 0.255 e. The van der Waals surface area contributed by atoms with Gasteiger partial charge in [-0.05, 0) is 24.3 Å². The number of rotatable bonds is 5. The van der Waals surface area contributed by atoms with Crippen molar-refractivity contribution in [3.05, 3.63) is 67.0 Å². The van der Waals surface area contributed by atoms with Crippen LogP contribution in [0.15, 0.2) is 61.4 Å². The van der Waals surface area contributed by atoms with Crippen molar-refractivity contribution in [2.75, 3.05) is 11.9 Å². The standard InChI is InChI=1S/C15H14N2O2/c1-2-11-19-14-6-4-3-5-13(14)17-15(18)12-7-9-16-10-8-12/h2-10H,1,11H2,(H,17,18). The van der Waals surface area contributed by atoms with E-state index in [1.807, 2.05) is 12.1 Å². The molecule has 0 unspecified atom stereocenters. The van der Waals surface area contributed by atoms with Crippen LogP contribution in [0.1, 0.15) is 10.4 Å². The lowest BCUT2D eigenvalue weighted by molar-refractivity contribution is 0.102. The molecule has 1 N–H and O–H groups in total. The Balaban J connectivity index is 2.14. The van der Waals surface area contributed by atoms with E-state index in [1.54, 1.807) is 42.7 Å². The Morgan fingerprint density at radius 1 is 1.26 bits per heavy atom. The van der Waals surface area contributed by atoms with Gasteiger partial charge in [0.15, 0.2) is 0 Å². The first-order valence-corrected chi connectivity index (χ1v) is 5.85. The number of pyridine rings is 1. The maximum absolute atomic E-state index is 12.0. The zero-order chi connectivity index (χ0) is 13.5. The fourth-order valence-electron chi connectivity index (χ4n) is 1.54. The summed E-state index contributed by atoms with van der Waals surface area (Å²) < 4.78 is 5.48. The Kier molecular flexibility index (Phi) is 4.29. The number of para-hydroxylation sites is 2. The summed E-state index contributed by atoms with van der Waals surface area (Å²) >= 11 is 0. The lowest BCUT2D eigenvalue weighted by Gasteiger charge is -2.11. The van der Waals surface area contributed by atoms with Gasteiger partial charge in [-0.3, -0.25) is 9.78 Å². The molecule has 0 spiro atoms. The number of hydrogen-bond acceptors (Lipinski definition) is 3. The molecule has 0 aliphatic carbocycles. The summed E-state index contributed by atoms with van der Waals surface area (Å²) in [5.74, 6) is 0.418. The number of carbonyl (C=O) groups is 1. The van der Waals surface area contributed by atoms with Gasteiger partial charge in [-0.2, -0.15) is 0 Å². The van der Waals surface area contributed by atoms with Crippen molar-refractivity contribution in [3.63, 3.8) is 0 Å². The second-order valence-corrected chi connectivity index (χ2v) is 3.79. The highest BCUT2D eigenvalue weighted by molar-refractivity contribution is 6.04. The normalized spacial score (nSPS) is 9.68. The number of aromatic nitrogens is 1. The third kappa shape index (κ3) is 3.42. The lowest BCUT2D eigenvalue weighted by atomic mass is 10.2. The molecular weight excluding hydrogens is 240 g/mol. The van der Waals surface area contributed by atoms with Crippen molar-refractivity contribution in [2.45, 2.75) is 0 Å². The first kappa shape index (κ1) is 12.8. The molecule has 1 aromatic carbocycles. The predicted octanol–water partition coefficient (Wildman–Crippen LogP) is 2.90. The Morgan fingerprint density at radius 3 is 2.74 bits per heavy atom. The molecule has 1 amide bonds. The van der Waals surface area contributed by atoms with Gasteiger partial charge in [-0.15, -0.1) is 0 Å². The molecule has 1 heterocycles. The number of hydrogen-bond donors (Lipinski definition) is 1. The van der Waals surface area contributed by atoms with Crippen LogP contribution < -0.4 is 10.1 Å². The molecule has 0 saturated carbocycles. The number of benzene rings is 1. The third-order valence-electron chi connectivity index (χ3n) is 2.43. The molecule has 4 heteroatoms. The number of nitrogens with zero attached hydrogens (tertiary/aromatic N) is 1. The quantitative estimate of drug-likeness (QED) is 0.835. The number of anilines is 1. The fraction of sp³-hybridized carbons (Fsp3) is 0.0667. The number of ether oxygens (including phenoxy) is 1. The first-order valence-electron chi connectivity index (χ1n) is 5.85. The van der Waals surface area contributed by atoms with E-state index < -0.39 is 0 Å².